The number of hydrogen-bond acceptors (Lipinski definition) is 5. The Morgan fingerprint density at radius 3 is 3.18 bits per heavy atom. The maximum absolute atomic E-state index is 4.06. The van der Waals surface area contributed by atoms with Crippen LogP contribution >= 0.6 is 23.3 Å². The summed E-state index contributed by atoms with van der Waals surface area (Å²) in [4.78, 5) is 1.41. The van der Waals surface area contributed by atoms with E-state index in [0.717, 1.165) is 12.2 Å². The van der Waals surface area contributed by atoms with Crippen molar-refractivity contribution in [3.63, 3.8) is 0 Å². The number of nitrogens with zero attached hydrogens (tertiary/aromatic N) is 2. The average molecular weight is 263 g/mol. The van der Waals surface area contributed by atoms with Gasteiger partial charge in [0.15, 0.2) is 0 Å². The summed E-state index contributed by atoms with van der Waals surface area (Å²) in [5.74, 6) is 1.18. The molecule has 0 radical (unpaired) electrons. The van der Waals surface area contributed by atoms with E-state index in [1.807, 2.05) is 17.1 Å². The van der Waals surface area contributed by atoms with E-state index < -0.39 is 0 Å². The highest BCUT2D eigenvalue weighted by atomic mass is 32.2. The van der Waals surface area contributed by atoms with Crippen LogP contribution in [0.2, 0.25) is 0 Å². The molecule has 1 aliphatic heterocycles. The van der Waals surface area contributed by atoms with Crippen molar-refractivity contribution in [2.45, 2.75) is 23.9 Å². The second-order valence-electron chi connectivity index (χ2n) is 4.00. The van der Waals surface area contributed by atoms with Crippen molar-refractivity contribution >= 4 is 23.3 Å². The van der Waals surface area contributed by atoms with Gasteiger partial charge in [-0.05, 0) is 35.3 Å². The topological polar surface area (TPSA) is 37.8 Å². The molecule has 3 nitrogen and oxygen atoms in total. The summed E-state index contributed by atoms with van der Waals surface area (Å²) < 4.78 is 3.88. The van der Waals surface area contributed by atoms with Crippen LogP contribution in [0.15, 0.2) is 34.5 Å². The quantitative estimate of drug-likeness (QED) is 0.924. The minimum Gasteiger partial charge on any atom is -0.304 e. The van der Waals surface area contributed by atoms with Gasteiger partial charge in [0.05, 0.1) is 5.69 Å². The molecule has 88 valence electrons. The van der Waals surface area contributed by atoms with E-state index in [0.29, 0.717) is 6.04 Å². The summed E-state index contributed by atoms with van der Waals surface area (Å²) >= 11 is 3.36. The Morgan fingerprint density at radius 1 is 1.35 bits per heavy atom. The predicted octanol–water partition coefficient (Wildman–Crippen LogP) is 2.86. The molecule has 0 fully saturated rings. The fraction of sp³-hybridized carbons (Fsp3) is 0.333. The maximum atomic E-state index is 4.06. The molecule has 0 aliphatic carbocycles. The molecule has 0 saturated carbocycles. The highest BCUT2D eigenvalue weighted by Crippen LogP contribution is 2.35. The molecule has 2 aromatic rings. The lowest BCUT2D eigenvalue weighted by atomic mass is 10.0. The van der Waals surface area contributed by atoms with Gasteiger partial charge in [0.1, 0.15) is 0 Å². The van der Waals surface area contributed by atoms with Gasteiger partial charge in [-0.3, -0.25) is 0 Å². The van der Waals surface area contributed by atoms with Gasteiger partial charge >= 0.3 is 0 Å². The number of benzene rings is 1. The summed E-state index contributed by atoms with van der Waals surface area (Å²) in [5.41, 5.74) is 2.46. The molecule has 0 spiro atoms. The van der Waals surface area contributed by atoms with Crippen molar-refractivity contribution in [3.8, 4) is 0 Å². The van der Waals surface area contributed by atoms with Crippen LogP contribution in [0, 0.1) is 0 Å². The third kappa shape index (κ3) is 2.51. The Labute approximate surface area is 109 Å². The van der Waals surface area contributed by atoms with Crippen molar-refractivity contribution in [3.05, 3.63) is 40.9 Å². The Balaban J connectivity index is 1.72. The number of hydrogen-bond donors (Lipinski definition) is 1. The number of rotatable bonds is 3. The van der Waals surface area contributed by atoms with Gasteiger partial charge < -0.3 is 5.32 Å². The molecule has 1 aliphatic rings. The molecule has 1 atom stereocenters. The standard InChI is InChI=1S/C12H13N3S2/c1-2-4-12-10(3-1)11(5-6-16-12)13-7-9-8-17-15-14-9/h1-4,8,11,13H,5-7H2. The number of nitrogens with one attached hydrogen (secondary N) is 1. The van der Waals surface area contributed by atoms with Crippen LogP contribution in [0.3, 0.4) is 0 Å². The van der Waals surface area contributed by atoms with E-state index in [1.165, 1.54) is 34.2 Å². The first-order valence-corrected chi connectivity index (χ1v) is 7.47. The fourth-order valence-corrected chi connectivity index (χ4v) is 3.62. The minimum absolute atomic E-state index is 0.453. The normalized spacial score (nSPS) is 18.9. The molecule has 2 heterocycles. The molecule has 0 amide bonds. The Hall–Kier alpha value is -0.910. The third-order valence-corrected chi connectivity index (χ3v) is 4.57. The SMILES string of the molecule is c1ccc2c(c1)SCCC2NCc1csnn1. The largest absolute Gasteiger partial charge is 0.304 e. The Bertz CT molecular complexity index is 484. The minimum atomic E-state index is 0.453. The monoisotopic (exact) mass is 263 g/mol. The molecular weight excluding hydrogens is 250 g/mol. The number of aromatic nitrogens is 2. The van der Waals surface area contributed by atoms with Gasteiger partial charge in [0, 0.05) is 22.9 Å². The van der Waals surface area contributed by atoms with Crippen LogP contribution in [0.25, 0.3) is 0 Å². The van der Waals surface area contributed by atoms with Gasteiger partial charge in [-0.15, -0.1) is 16.9 Å². The maximum Gasteiger partial charge on any atom is 0.0893 e. The van der Waals surface area contributed by atoms with E-state index >= 15 is 0 Å². The molecule has 0 bridgehead atoms. The fourth-order valence-electron chi connectivity index (χ4n) is 2.04. The van der Waals surface area contributed by atoms with Crippen molar-refractivity contribution in [2.24, 2.45) is 0 Å². The summed E-state index contributed by atoms with van der Waals surface area (Å²) in [6.45, 7) is 0.806. The average Bonchev–Trinajstić information content (AvgIpc) is 2.89. The van der Waals surface area contributed by atoms with E-state index in [-0.39, 0.29) is 0 Å². The summed E-state index contributed by atoms with van der Waals surface area (Å²) in [5, 5.41) is 9.62. The van der Waals surface area contributed by atoms with E-state index in [1.54, 1.807) is 0 Å². The second-order valence-corrected chi connectivity index (χ2v) is 5.75. The van der Waals surface area contributed by atoms with Crippen LogP contribution in [-0.2, 0) is 6.54 Å². The van der Waals surface area contributed by atoms with Crippen molar-refractivity contribution < 1.29 is 0 Å². The highest BCUT2D eigenvalue weighted by Gasteiger charge is 2.19. The Kier molecular flexibility index (Phi) is 3.40. The molecule has 1 unspecified atom stereocenters. The zero-order chi connectivity index (χ0) is 11.5. The van der Waals surface area contributed by atoms with Gasteiger partial charge in [-0.1, -0.05) is 22.7 Å². The van der Waals surface area contributed by atoms with Crippen LogP contribution in [-0.4, -0.2) is 15.3 Å². The van der Waals surface area contributed by atoms with Crippen LogP contribution in [0.5, 0.6) is 0 Å². The van der Waals surface area contributed by atoms with Crippen molar-refractivity contribution in [2.75, 3.05) is 5.75 Å². The summed E-state index contributed by atoms with van der Waals surface area (Å²) in [6, 6.07) is 9.10. The smallest absolute Gasteiger partial charge is 0.0893 e. The lowest BCUT2D eigenvalue weighted by molar-refractivity contribution is 0.505. The molecule has 1 N–H and O–H groups in total. The molecule has 3 rings (SSSR count). The molecule has 1 aromatic carbocycles. The second kappa shape index (κ2) is 5.16. The van der Waals surface area contributed by atoms with Gasteiger partial charge in [-0.25, -0.2) is 0 Å². The third-order valence-electron chi connectivity index (χ3n) is 2.89. The van der Waals surface area contributed by atoms with Gasteiger partial charge in [-0.2, -0.15) is 0 Å². The van der Waals surface area contributed by atoms with Crippen molar-refractivity contribution in [1.82, 2.24) is 14.9 Å². The van der Waals surface area contributed by atoms with E-state index in [2.05, 4.69) is 39.2 Å². The van der Waals surface area contributed by atoms with Crippen LogP contribution < -0.4 is 5.32 Å². The zero-order valence-electron chi connectivity index (χ0n) is 9.30. The van der Waals surface area contributed by atoms with Gasteiger partial charge in [0.25, 0.3) is 0 Å². The molecule has 1 aromatic heterocycles. The van der Waals surface area contributed by atoms with E-state index in [4.69, 9.17) is 0 Å². The Morgan fingerprint density at radius 2 is 2.29 bits per heavy atom. The first-order chi connectivity index (χ1) is 8.43. The van der Waals surface area contributed by atoms with Crippen LogP contribution in [0.1, 0.15) is 23.7 Å². The molecule has 0 saturated heterocycles. The number of thioether (sulfide) groups is 1. The predicted molar refractivity (Wildman–Crippen MR) is 71.3 cm³/mol. The summed E-state index contributed by atoms with van der Waals surface area (Å²) in [6.07, 6.45) is 1.18. The van der Waals surface area contributed by atoms with Crippen molar-refractivity contribution in [1.29, 1.82) is 0 Å². The molecular formula is C12H13N3S2. The highest BCUT2D eigenvalue weighted by molar-refractivity contribution is 7.99. The lowest BCUT2D eigenvalue weighted by Crippen LogP contribution is -2.24. The van der Waals surface area contributed by atoms with Gasteiger partial charge in [0.2, 0.25) is 0 Å². The molecule has 5 heteroatoms. The van der Waals surface area contributed by atoms with Crippen LogP contribution in [0.4, 0.5) is 0 Å². The number of fused-ring (bicyclic) bond motifs is 1. The summed E-state index contributed by atoms with van der Waals surface area (Å²) in [7, 11) is 0. The molecule has 17 heavy (non-hydrogen) atoms. The first-order valence-electron chi connectivity index (χ1n) is 5.64. The van der Waals surface area contributed by atoms with E-state index in [9.17, 15) is 0 Å². The first kappa shape index (κ1) is 11.2. The lowest BCUT2D eigenvalue weighted by Gasteiger charge is -2.25. The zero-order valence-corrected chi connectivity index (χ0v) is 10.9.